The summed E-state index contributed by atoms with van der Waals surface area (Å²) in [7, 11) is -2.38. The molecule has 0 aliphatic carbocycles. The molecule has 1 fully saturated rings. The molecule has 1 aromatic heterocycles. The van der Waals surface area contributed by atoms with E-state index in [9.17, 15) is 22.0 Å². The molecule has 0 unspecified atom stereocenters. The summed E-state index contributed by atoms with van der Waals surface area (Å²) in [5.41, 5.74) is 0.654. The van der Waals surface area contributed by atoms with Gasteiger partial charge < -0.3 is 14.8 Å². The van der Waals surface area contributed by atoms with E-state index < -0.39 is 22.5 Å². The number of ether oxygens (including phenoxy) is 2. The molecule has 31 heavy (non-hydrogen) atoms. The van der Waals surface area contributed by atoms with Crippen molar-refractivity contribution < 1.29 is 31.5 Å². The maximum absolute atomic E-state index is 12.9. The highest BCUT2D eigenvalue weighted by molar-refractivity contribution is 7.99. The Bertz CT molecular complexity index is 1010. The Morgan fingerprint density at radius 3 is 2.65 bits per heavy atom. The fraction of sp³-hybridized carbons (Fsp3) is 0.421. The quantitative estimate of drug-likeness (QED) is 0.579. The van der Waals surface area contributed by atoms with Crippen molar-refractivity contribution >= 4 is 39.0 Å². The van der Waals surface area contributed by atoms with E-state index in [0.29, 0.717) is 25.1 Å². The number of nitrogens with zero attached hydrogens (tertiary/aromatic N) is 1. The minimum absolute atomic E-state index is 0.0129. The molecule has 1 aromatic carbocycles. The molecule has 1 amide bonds. The number of methoxy groups -OCH3 is 1. The average Bonchev–Trinajstić information content (AvgIpc) is 3.25. The number of hydrogen-bond donors (Lipinski definition) is 1. The molecule has 7 nitrogen and oxygen atoms in total. The lowest BCUT2D eigenvalue weighted by atomic mass is 10.1. The number of thiophene rings is 1. The van der Waals surface area contributed by atoms with Gasteiger partial charge in [-0.15, -0.1) is 11.3 Å². The number of amides is 1. The van der Waals surface area contributed by atoms with Gasteiger partial charge in [0.05, 0.1) is 7.11 Å². The van der Waals surface area contributed by atoms with Crippen LogP contribution in [0.3, 0.4) is 0 Å². The molecule has 0 radical (unpaired) electrons. The molecule has 2 heterocycles. The predicted octanol–water partition coefficient (Wildman–Crippen LogP) is 3.07. The summed E-state index contributed by atoms with van der Waals surface area (Å²) < 4.78 is 61.8. The number of nitrogens with one attached hydrogen (secondary N) is 1. The standard InChI is InChI=1S/C19H22F2N2O5S3/c1-27-14-3-2-13(12-15(14)28-19(20)21)4-6-22-18(24)17-16(5-9-30-17)31(25,26)23-7-10-29-11-8-23/h2-3,5,9,12,19H,4,6-8,10-11H2,1H3,(H,22,24). The van der Waals surface area contributed by atoms with Crippen LogP contribution >= 0.6 is 23.1 Å². The first-order valence-electron chi connectivity index (χ1n) is 9.38. The van der Waals surface area contributed by atoms with Gasteiger partial charge in [0.1, 0.15) is 9.77 Å². The van der Waals surface area contributed by atoms with Crippen molar-refractivity contribution in [3.05, 3.63) is 40.1 Å². The van der Waals surface area contributed by atoms with E-state index in [-0.39, 0.29) is 27.8 Å². The van der Waals surface area contributed by atoms with E-state index in [1.165, 1.54) is 29.6 Å². The highest BCUT2D eigenvalue weighted by Gasteiger charge is 2.31. The molecule has 1 aliphatic heterocycles. The second-order valence-electron chi connectivity index (χ2n) is 6.50. The van der Waals surface area contributed by atoms with Gasteiger partial charge in [0, 0.05) is 31.1 Å². The maximum Gasteiger partial charge on any atom is 0.387 e. The van der Waals surface area contributed by atoms with Crippen LogP contribution in [0.5, 0.6) is 11.5 Å². The summed E-state index contributed by atoms with van der Waals surface area (Å²) in [6, 6.07) is 6.06. The van der Waals surface area contributed by atoms with Crippen molar-refractivity contribution in [3.8, 4) is 11.5 Å². The zero-order valence-electron chi connectivity index (χ0n) is 16.7. The normalized spacial score (nSPS) is 15.1. The molecule has 1 aliphatic rings. The highest BCUT2D eigenvalue weighted by Crippen LogP contribution is 2.30. The third kappa shape index (κ3) is 5.88. The van der Waals surface area contributed by atoms with Gasteiger partial charge in [0.15, 0.2) is 11.5 Å². The second kappa shape index (κ2) is 10.6. The van der Waals surface area contributed by atoms with Crippen LogP contribution in [0.1, 0.15) is 15.2 Å². The van der Waals surface area contributed by atoms with E-state index in [2.05, 4.69) is 10.1 Å². The monoisotopic (exact) mass is 492 g/mol. The maximum atomic E-state index is 12.9. The van der Waals surface area contributed by atoms with Crippen LogP contribution in [0.25, 0.3) is 0 Å². The van der Waals surface area contributed by atoms with Crippen LogP contribution in [0.4, 0.5) is 8.78 Å². The van der Waals surface area contributed by atoms with Gasteiger partial charge in [-0.3, -0.25) is 4.79 Å². The average molecular weight is 493 g/mol. The van der Waals surface area contributed by atoms with Crippen LogP contribution < -0.4 is 14.8 Å². The summed E-state index contributed by atoms with van der Waals surface area (Å²) in [6.07, 6.45) is 0.339. The first kappa shape index (κ1) is 23.8. The zero-order chi connectivity index (χ0) is 22.4. The molecule has 0 atom stereocenters. The number of rotatable bonds is 9. The topological polar surface area (TPSA) is 84.9 Å². The Kier molecular flexibility index (Phi) is 8.14. The number of hydrogen-bond acceptors (Lipinski definition) is 7. The van der Waals surface area contributed by atoms with Crippen molar-refractivity contribution in [2.45, 2.75) is 17.9 Å². The molecule has 2 aromatic rings. The van der Waals surface area contributed by atoms with E-state index in [1.807, 2.05) is 0 Å². The second-order valence-corrected chi connectivity index (χ2v) is 10.5. The zero-order valence-corrected chi connectivity index (χ0v) is 19.1. The van der Waals surface area contributed by atoms with Crippen LogP contribution in [-0.4, -0.2) is 63.5 Å². The smallest absolute Gasteiger partial charge is 0.387 e. The molecule has 1 saturated heterocycles. The Morgan fingerprint density at radius 1 is 1.23 bits per heavy atom. The summed E-state index contributed by atoms with van der Waals surface area (Å²) in [4.78, 5) is 12.8. The van der Waals surface area contributed by atoms with Gasteiger partial charge in [0.2, 0.25) is 10.0 Å². The Hall–Kier alpha value is -1.89. The highest BCUT2D eigenvalue weighted by atomic mass is 32.2. The number of alkyl halides is 2. The fourth-order valence-electron chi connectivity index (χ4n) is 3.06. The van der Waals surface area contributed by atoms with Crippen molar-refractivity contribution in [2.24, 2.45) is 0 Å². The molecule has 0 spiro atoms. The lowest BCUT2D eigenvalue weighted by molar-refractivity contribution is -0.0512. The van der Waals surface area contributed by atoms with Gasteiger partial charge in [-0.2, -0.15) is 24.8 Å². The molecule has 0 bridgehead atoms. The van der Waals surface area contributed by atoms with E-state index in [1.54, 1.807) is 23.2 Å². The van der Waals surface area contributed by atoms with Crippen LogP contribution in [-0.2, 0) is 16.4 Å². The molecule has 3 rings (SSSR count). The first-order chi connectivity index (χ1) is 14.8. The minimum atomic E-state index is -3.73. The van der Waals surface area contributed by atoms with Crippen molar-refractivity contribution in [2.75, 3.05) is 38.2 Å². The van der Waals surface area contributed by atoms with E-state index in [0.717, 1.165) is 22.8 Å². The number of thioether (sulfide) groups is 1. The number of benzene rings is 1. The molecule has 170 valence electrons. The first-order valence-corrected chi connectivity index (χ1v) is 12.9. The largest absolute Gasteiger partial charge is 0.493 e. The van der Waals surface area contributed by atoms with Gasteiger partial charge in [-0.05, 0) is 35.6 Å². The van der Waals surface area contributed by atoms with E-state index >= 15 is 0 Å². The Balaban J connectivity index is 1.64. The molecular formula is C19H22F2N2O5S3. The molecular weight excluding hydrogens is 470 g/mol. The lowest BCUT2D eigenvalue weighted by Crippen LogP contribution is -2.38. The third-order valence-corrected chi connectivity index (χ3v) is 8.49. The number of carbonyl (C=O) groups excluding carboxylic acids is 1. The number of sulfonamides is 1. The van der Waals surface area contributed by atoms with Gasteiger partial charge in [-0.25, -0.2) is 8.42 Å². The third-order valence-electron chi connectivity index (χ3n) is 4.57. The minimum Gasteiger partial charge on any atom is -0.493 e. The Labute approximate surface area is 187 Å². The summed E-state index contributed by atoms with van der Waals surface area (Å²) in [5, 5.41) is 4.28. The van der Waals surface area contributed by atoms with Gasteiger partial charge >= 0.3 is 6.61 Å². The van der Waals surface area contributed by atoms with Crippen LogP contribution in [0, 0.1) is 0 Å². The molecule has 12 heteroatoms. The van der Waals surface area contributed by atoms with Gasteiger partial charge in [0.25, 0.3) is 5.91 Å². The summed E-state index contributed by atoms with van der Waals surface area (Å²) >= 11 is 2.76. The molecule has 0 saturated carbocycles. The SMILES string of the molecule is COc1ccc(CCNC(=O)c2sccc2S(=O)(=O)N2CCSCC2)cc1OC(F)F. The fourth-order valence-corrected chi connectivity index (χ4v) is 6.95. The van der Waals surface area contributed by atoms with Crippen LogP contribution in [0.2, 0.25) is 0 Å². The van der Waals surface area contributed by atoms with E-state index in [4.69, 9.17) is 4.74 Å². The lowest BCUT2D eigenvalue weighted by Gasteiger charge is -2.25. The Morgan fingerprint density at radius 2 is 1.97 bits per heavy atom. The molecule has 1 N–H and O–H groups in total. The summed E-state index contributed by atoms with van der Waals surface area (Å²) in [6.45, 7) is -1.95. The number of halogens is 2. The van der Waals surface area contributed by atoms with Gasteiger partial charge in [-0.1, -0.05) is 6.07 Å². The summed E-state index contributed by atoms with van der Waals surface area (Å²) in [5.74, 6) is 1.05. The van der Waals surface area contributed by atoms with Crippen molar-refractivity contribution in [1.29, 1.82) is 0 Å². The van der Waals surface area contributed by atoms with Crippen LogP contribution in [0.15, 0.2) is 34.5 Å². The van der Waals surface area contributed by atoms with Crippen molar-refractivity contribution in [3.63, 3.8) is 0 Å². The number of carbonyl (C=O) groups is 1. The predicted molar refractivity (Wildman–Crippen MR) is 116 cm³/mol. The van der Waals surface area contributed by atoms with Crippen molar-refractivity contribution in [1.82, 2.24) is 9.62 Å².